The zero-order valence-electron chi connectivity index (χ0n) is 9.84. The van der Waals surface area contributed by atoms with Crippen LogP contribution in [0.25, 0.3) is 0 Å². The molecule has 0 amide bonds. The number of nitro groups is 1. The minimum atomic E-state index is -1.32. The van der Waals surface area contributed by atoms with Gasteiger partial charge in [-0.25, -0.2) is 4.79 Å². The molecule has 0 bridgehead atoms. The summed E-state index contributed by atoms with van der Waals surface area (Å²) in [5.74, 6) is 0.631. The third kappa shape index (κ3) is 2.77. The molecule has 0 aliphatic heterocycles. The maximum absolute atomic E-state index is 11.0. The van der Waals surface area contributed by atoms with Crippen molar-refractivity contribution in [1.29, 1.82) is 0 Å². The Balaban J connectivity index is 3.42. The fourth-order valence-corrected chi connectivity index (χ4v) is 1.23. The number of para-hydroxylation sites is 1. The number of nitrogens with zero attached hydrogens (tertiary/aromatic N) is 1. The second-order valence-corrected chi connectivity index (χ2v) is 3.97. The van der Waals surface area contributed by atoms with Crippen molar-refractivity contribution in [3.05, 3.63) is 33.9 Å². The molecule has 0 atom stereocenters. The molecule has 6 nitrogen and oxygen atoms in total. The van der Waals surface area contributed by atoms with E-state index in [4.69, 9.17) is 16.3 Å². The topological polar surface area (TPSA) is 89.7 Å². The van der Waals surface area contributed by atoms with Crippen molar-refractivity contribution in [2.75, 3.05) is 0 Å². The number of hydrogen-bond donors (Lipinski definition) is 1. The van der Waals surface area contributed by atoms with Gasteiger partial charge in [0.15, 0.2) is 5.60 Å². The monoisotopic (exact) mass is 249 g/mol. The molecular formula is C12H11NO5. The van der Waals surface area contributed by atoms with Crippen LogP contribution < -0.4 is 4.74 Å². The summed E-state index contributed by atoms with van der Waals surface area (Å²) >= 11 is 0. The summed E-state index contributed by atoms with van der Waals surface area (Å²) in [6, 6.07) is 3.66. The lowest BCUT2D eigenvalue weighted by Crippen LogP contribution is -2.27. The van der Waals surface area contributed by atoms with E-state index < -0.39 is 22.2 Å². The number of aromatic carboxylic acids is 1. The van der Waals surface area contributed by atoms with Crippen LogP contribution in [0.15, 0.2) is 18.2 Å². The molecule has 0 spiro atoms. The van der Waals surface area contributed by atoms with Gasteiger partial charge in [-0.05, 0) is 19.9 Å². The first kappa shape index (κ1) is 13.5. The molecule has 0 heterocycles. The van der Waals surface area contributed by atoms with Gasteiger partial charge in [-0.15, -0.1) is 6.42 Å². The molecule has 1 aromatic carbocycles. The van der Waals surface area contributed by atoms with E-state index in [1.54, 1.807) is 0 Å². The van der Waals surface area contributed by atoms with Crippen molar-refractivity contribution in [3.8, 4) is 18.1 Å². The number of benzene rings is 1. The van der Waals surface area contributed by atoms with Crippen LogP contribution in [0.1, 0.15) is 24.2 Å². The van der Waals surface area contributed by atoms with Gasteiger partial charge in [0.25, 0.3) is 0 Å². The predicted molar refractivity (Wildman–Crippen MR) is 63.6 cm³/mol. The van der Waals surface area contributed by atoms with Crippen LogP contribution >= 0.6 is 0 Å². The van der Waals surface area contributed by atoms with Crippen LogP contribution in [-0.2, 0) is 0 Å². The third-order valence-electron chi connectivity index (χ3n) is 2.13. The van der Waals surface area contributed by atoms with Gasteiger partial charge in [0.05, 0.1) is 4.92 Å². The predicted octanol–water partition coefficient (Wildman–Crippen LogP) is 2.08. The number of terminal acetylenes is 1. The number of rotatable bonds is 4. The van der Waals surface area contributed by atoms with Crippen LogP contribution in [0.4, 0.5) is 5.69 Å². The number of carboxylic acids is 1. The lowest BCUT2D eigenvalue weighted by Gasteiger charge is -2.21. The van der Waals surface area contributed by atoms with Crippen molar-refractivity contribution in [2.24, 2.45) is 0 Å². The first-order valence-electron chi connectivity index (χ1n) is 4.96. The molecule has 1 aromatic rings. The van der Waals surface area contributed by atoms with Gasteiger partial charge in [-0.2, -0.15) is 0 Å². The molecule has 0 aliphatic rings. The summed E-state index contributed by atoms with van der Waals surface area (Å²) in [4.78, 5) is 21.2. The maximum Gasteiger partial charge on any atom is 0.339 e. The summed E-state index contributed by atoms with van der Waals surface area (Å²) < 4.78 is 5.28. The van der Waals surface area contributed by atoms with Crippen LogP contribution in [0.5, 0.6) is 5.75 Å². The quantitative estimate of drug-likeness (QED) is 0.501. The smallest absolute Gasteiger partial charge is 0.339 e. The van der Waals surface area contributed by atoms with Crippen LogP contribution in [-0.4, -0.2) is 21.6 Å². The van der Waals surface area contributed by atoms with Gasteiger partial charge in [0.2, 0.25) is 5.75 Å². The zero-order chi connectivity index (χ0) is 13.9. The van der Waals surface area contributed by atoms with E-state index in [2.05, 4.69) is 5.92 Å². The summed E-state index contributed by atoms with van der Waals surface area (Å²) in [7, 11) is 0. The largest absolute Gasteiger partial charge is 0.478 e. The molecular weight excluding hydrogens is 238 g/mol. The maximum atomic E-state index is 11.0. The van der Waals surface area contributed by atoms with Gasteiger partial charge in [0, 0.05) is 6.07 Å². The minimum absolute atomic E-state index is 0.299. The number of carbonyl (C=O) groups is 1. The summed E-state index contributed by atoms with van der Waals surface area (Å²) in [6.07, 6.45) is 5.21. The highest BCUT2D eigenvalue weighted by atomic mass is 16.6. The van der Waals surface area contributed by atoms with E-state index in [1.807, 2.05) is 0 Å². The lowest BCUT2D eigenvalue weighted by atomic mass is 10.1. The van der Waals surface area contributed by atoms with E-state index in [0.29, 0.717) is 0 Å². The highest BCUT2D eigenvalue weighted by molar-refractivity contribution is 5.92. The van der Waals surface area contributed by atoms with Crippen LogP contribution in [0, 0.1) is 22.5 Å². The van der Waals surface area contributed by atoms with Crippen LogP contribution in [0.3, 0.4) is 0 Å². The lowest BCUT2D eigenvalue weighted by molar-refractivity contribution is -0.386. The van der Waals surface area contributed by atoms with Crippen LogP contribution in [0.2, 0.25) is 0 Å². The van der Waals surface area contributed by atoms with Gasteiger partial charge >= 0.3 is 11.7 Å². The Morgan fingerprint density at radius 3 is 2.61 bits per heavy atom. The van der Waals surface area contributed by atoms with Crippen molar-refractivity contribution < 1.29 is 19.6 Å². The summed E-state index contributed by atoms with van der Waals surface area (Å²) in [6.45, 7) is 3.02. The molecule has 1 N–H and O–H groups in total. The highest BCUT2D eigenvalue weighted by Gasteiger charge is 2.28. The SMILES string of the molecule is C#CC(C)(C)Oc1c(C(=O)O)cccc1[N+](=O)[O-]. The van der Waals surface area contributed by atoms with E-state index in [0.717, 1.165) is 6.07 Å². The van der Waals surface area contributed by atoms with Gasteiger partial charge in [-0.3, -0.25) is 10.1 Å². The molecule has 0 unspecified atom stereocenters. The number of carboxylic acid groups (broad SMARTS) is 1. The van der Waals surface area contributed by atoms with E-state index in [-0.39, 0.29) is 11.3 Å². The average Bonchev–Trinajstić information content (AvgIpc) is 2.28. The van der Waals surface area contributed by atoms with Gasteiger partial charge < -0.3 is 9.84 Å². The Hall–Kier alpha value is -2.55. The van der Waals surface area contributed by atoms with E-state index in [1.165, 1.54) is 26.0 Å². The van der Waals surface area contributed by atoms with E-state index in [9.17, 15) is 14.9 Å². The second-order valence-electron chi connectivity index (χ2n) is 3.97. The van der Waals surface area contributed by atoms with E-state index >= 15 is 0 Å². The molecule has 0 radical (unpaired) electrons. The number of nitro benzene ring substituents is 1. The second kappa shape index (κ2) is 4.75. The highest BCUT2D eigenvalue weighted by Crippen LogP contribution is 2.33. The molecule has 94 valence electrons. The number of hydrogen-bond acceptors (Lipinski definition) is 4. The Bertz CT molecular complexity index is 510. The fourth-order valence-electron chi connectivity index (χ4n) is 1.23. The molecule has 18 heavy (non-hydrogen) atoms. The molecule has 0 aromatic heterocycles. The first-order chi connectivity index (χ1) is 8.28. The zero-order valence-corrected chi connectivity index (χ0v) is 9.84. The third-order valence-corrected chi connectivity index (χ3v) is 2.13. The average molecular weight is 249 g/mol. The fraction of sp³-hybridized carbons (Fsp3) is 0.250. The van der Waals surface area contributed by atoms with Crippen molar-refractivity contribution in [3.63, 3.8) is 0 Å². The number of ether oxygens (including phenoxy) is 1. The molecule has 0 saturated carbocycles. The van der Waals surface area contributed by atoms with Gasteiger partial charge in [-0.1, -0.05) is 12.0 Å². The minimum Gasteiger partial charge on any atom is -0.478 e. The van der Waals surface area contributed by atoms with Gasteiger partial charge in [0.1, 0.15) is 5.56 Å². The molecule has 6 heteroatoms. The Morgan fingerprint density at radius 2 is 2.17 bits per heavy atom. The first-order valence-corrected chi connectivity index (χ1v) is 4.96. The molecule has 0 aliphatic carbocycles. The Labute approximate surface area is 103 Å². The summed E-state index contributed by atoms with van der Waals surface area (Å²) in [5.41, 5.74) is -1.87. The van der Waals surface area contributed by atoms with Crippen molar-refractivity contribution in [1.82, 2.24) is 0 Å². The normalized spacial score (nSPS) is 10.5. The molecule has 0 saturated heterocycles. The molecule has 1 rings (SSSR count). The Kier molecular flexibility index (Phi) is 3.57. The van der Waals surface area contributed by atoms with Crippen molar-refractivity contribution in [2.45, 2.75) is 19.4 Å². The standard InChI is InChI=1S/C12H11NO5/c1-4-12(2,3)18-10-8(11(14)15)6-5-7-9(10)13(16)17/h1,5-7H,2-3H3,(H,14,15). The Morgan fingerprint density at radius 1 is 1.56 bits per heavy atom. The molecule has 0 fully saturated rings. The van der Waals surface area contributed by atoms with Crippen molar-refractivity contribution >= 4 is 11.7 Å². The summed E-state index contributed by atoms with van der Waals surface area (Å²) in [5, 5.41) is 19.8.